The molecule has 0 atom stereocenters. The normalized spacial score (nSPS) is 13.7. The van der Waals surface area contributed by atoms with Crippen LogP contribution >= 0.6 is 0 Å². The van der Waals surface area contributed by atoms with E-state index in [0.29, 0.717) is 23.4 Å². The number of carbonyl (C=O) groups is 1. The first-order valence-electron chi connectivity index (χ1n) is 8.46. The number of hydrogen-bond donors (Lipinski definition) is 2. The Bertz CT molecular complexity index is 363. The van der Waals surface area contributed by atoms with Crippen molar-refractivity contribution < 1.29 is 14.6 Å². The summed E-state index contributed by atoms with van der Waals surface area (Å²) >= 11 is 0. The summed E-state index contributed by atoms with van der Waals surface area (Å²) in [6.07, 6.45) is 1.50. The van der Waals surface area contributed by atoms with Gasteiger partial charge in [-0.25, -0.2) is 0 Å². The van der Waals surface area contributed by atoms with E-state index in [4.69, 9.17) is 9.84 Å². The molecule has 0 radical (unpaired) electrons. The van der Waals surface area contributed by atoms with E-state index in [-0.39, 0.29) is 0 Å². The zero-order valence-corrected chi connectivity index (χ0v) is 15.0. The van der Waals surface area contributed by atoms with E-state index >= 15 is 0 Å². The SMILES string of the molecule is C1COCCN1.CC(C)CC(=O)CC(C)C.Oc1ccccc1. The van der Waals surface area contributed by atoms with Crippen molar-refractivity contribution in [1.82, 2.24) is 5.32 Å². The van der Waals surface area contributed by atoms with Gasteiger partial charge >= 0.3 is 0 Å². The number of nitrogens with one attached hydrogen (secondary N) is 1. The van der Waals surface area contributed by atoms with Crippen LogP contribution in [0, 0.1) is 11.8 Å². The smallest absolute Gasteiger partial charge is 0.133 e. The zero-order valence-electron chi connectivity index (χ0n) is 15.0. The highest BCUT2D eigenvalue weighted by atomic mass is 16.5. The first kappa shape index (κ1) is 21.6. The minimum absolute atomic E-state index is 0.322. The number of phenolic OH excluding ortho intramolecular Hbond substituents is 1. The molecule has 4 heteroatoms. The third kappa shape index (κ3) is 16.8. The Hall–Kier alpha value is -1.39. The second-order valence-electron chi connectivity index (χ2n) is 6.43. The molecule has 1 aliphatic heterocycles. The van der Waals surface area contributed by atoms with E-state index in [2.05, 4.69) is 33.0 Å². The van der Waals surface area contributed by atoms with Gasteiger partial charge in [0.2, 0.25) is 0 Å². The van der Waals surface area contributed by atoms with E-state index in [1.807, 2.05) is 6.07 Å². The molecular weight excluding hydrogens is 290 g/mol. The number of aromatic hydroxyl groups is 1. The van der Waals surface area contributed by atoms with Gasteiger partial charge in [0.25, 0.3) is 0 Å². The van der Waals surface area contributed by atoms with Crippen molar-refractivity contribution in [1.29, 1.82) is 0 Å². The van der Waals surface area contributed by atoms with E-state index in [9.17, 15) is 4.79 Å². The van der Waals surface area contributed by atoms with Crippen molar-refractivity contribution in [2.24, 2.45) is 11.8 Å². The third-order valence-electron chi connectivity index (χ3n) is 2.87. The molecule has 0 amide bonds. The topological polar surface area (TPSA) is 58.6 Å². The quantitative estimate of drug-likeness (QED) is 0.888. The summed E-state index contributed by atoms with van der Waals surface area (Å²) in [7, 11) is 0. The molecule has 0 aromatic heterocycles. The Morgan fingerprint density at radius 1 is 1.04 bits per heavy atom. The Morgan fingerprint density at radius 3 is 1.74 bits per heavy atom. The van der Waals surface area contributed by atoms with Crippen molar-refractivity contribution in [2.75, 3.05) is 26.3 Å². The van der Waals surface area contributed by atoms with Gasteiger partial charge in [-0.05, 0) is 24.0 Å². The summed E-state index contributed by atoms with van der Waals surface area (Å²) in [5, 5.41) is 11.8. The van der Waals surface area contributed by atoms with Crippen LogP contribution in [0.25, 0.3) is 0 Å². The molecule has 1 aliphatic rings. The van der Waals surface area contributed by atoms with Crippen molar-refractivity contribution >= 4 is 5.78 Å². The summed E-state index contributed by atoms with van der Waals surface area (Å²) in [6, 6.07) is 8.71. The molecule has 0 spiro atoms. The fourth-order valence-corrected chi connectivity index (χ4v) is 1.94. The maximum Gasteiger partial charge on any atom is 0.133 e. The van der Waals surface area contributed by atoms with Crippen molar-refractivity contribution in [3.8, 4) is 5.75 Å². The number of Topliss-reactive ketones (excluding diaryl/α,β-unsaturated/α-hetero) is 1. The van der Waals surface area contributed by atoms with Gasteiger partial charge in [-0.15, -0.1) is 0 Å². The summed E-state index contributed by atoms with van der Waals surface area (Å²) in [6.45, 7) is 12.2. The average Bonchev–Trinajstić information content (AvgIpc) is 2.49. The largest absolute Gasteiger partial charge is 0.508 e. The van der Waals surface area contributed by atoms with Gasteiger partial charge in [-0.3, -0.25) is 4.79 Å². The second kappa shape index (κ2) is 14.2. The van der Waals surface area contributed by atoms with Gasteiger partial charge in [0.05, 0.1) is 13.2 Å². The number of ether oxygens (including phenoxy) is 1. The fraction of sp³-hybridized carbons (Fsp3) is 0.632. The number of carbonyl (C=O) groups excluding carboxylic acids is 1. The van der Waals surface area contributed by atoms with E-state index in [1.165, 1.54) is 0 Å². The molecule has 0 bridgehead atoms. The zero-order chi connectivity index (χ0) is 17.5. The van der Waals surface area contributed by atoms with Gasteiger partial charge in [0.1, 0.15) is 11.5 Å². The van der Waals surface area contributed by atoms with Crippen LogP contribution in [0.5, 0.6) is 5.75 Å². The van der Waals surface area contributed by atoms with Crippen LogP contribution in [0.1, 0.15) is 40.5 Å². The summed E-state index contributed by atoms with van der Waals surface area (Å²) in [5.74, 6) is 1.77. The lowest BCUT2D eigenvalue weighted by Gasteiger charge is -2.10. The number of hydrogen-bond acceptors (Lipinski definition) is 4. The molecule has 132 valence electrons. The van der Waals surface area contributed by atoms with Gasteiger partial charge in [-0.1, -0.05) is 45.9 Å². The summed E-state index contributed by atoms with van der Waals surface area (Å²) in [4.78, 5) is 11.1. The average molecular weight is 323 g/mol. The van der Waals surface area contributed by atoms with Crippen LogP contribution in [0.15, 0.2) is 30.3 Å². The molecule has 23 heavy (non-hydrogen) atoms. The predicted octanol–water partition coefficient (Wildman–Crippen LogP) is 3.65. The van der Waals surface area contributed by atoms with Crippen LogP contribution in [0.3, 0.4) is 0 Å². The number of para-hydroxylation sites is 1. The molecule has 2 N–H and O–H groups in total. The van der Waals surface area contributed by atoms with Gasteiger partial charge in [0.15, 0.2) is 0 Å². The number of rotatable bonds is 4. The monoisotopic (exact) mass is 323 g/mol. The molecule has 1 saturated heterocycles. The first-order valence-corrected chi connectivity index (χ1v) is 8.46. The number of phenols is 1. The molecule has 0 saturated carbocycles. The summed E-state index contributed by atoms with van der Waals surface area (Å²) < 4.78 is 5.01. The van der Waals surface area contributed by atoms with Crippen LogP contribution in [-0.4, -0.2) is 37.2 Å². The molecule has 4 nitrogen and oxygen atoms in total. The highest BCUT2D eigenvalue weighted by Crippen LogP contribution is 2.07. The van der Waals surface area contributed by atoms with Crippen molar-refractivity contribution in [3.63, 3.8) is 0 Å². The van der Waals surface area contributed by atoms with Crippen LogP contribution in [-0.2, 0) is 9.53 Å². The fourth-order valence-electron chi connectivity index (χ4n) is 1.94. The first-order chi connectivity index (χ1) is 10.9. The number of morpholine rings is 1. The molecule has 2 rings (SSSR count). The van der Waals surface area contributed by atoms with Crippen LogP contribution in [0.2, 0.25) is 0 Å². The maximum absolute atomic E-state index is 11.1. The number of benzene rings is 1. The molecule has 0 aliphatic carbocycles. The van der Waals surface area contributed by atoms with E-state index < -0.39 is 0 Å². The van der Waals surface area contributed by atoms with Crippen molar-refractivity contribution in [3.05, 3.63) is 30.3 Å². The summed E-state index contributed by atoms with van der Waals surface area (Å²) in [5.41, 5.74) is 0. The lowest BCUT2D eigenvalue weighted by Crippen LogP contribution is -2.30. The van der Waals surface area contributed by atoms with Crippen molar-refractivity contribution in [2.45, 2.75) is 40.5 Å². The second-order valence-corrected chi connectivity index (χ2v) is 6.43. The Morgan fingerprint density at radius 2 is 1.52 bits per heavy atom. The van der Waals surface area contributed by atoms with Crippen LogP contribution in [0.4, 0.5) is 0 Å². The van der Waals surface area contributed by atoms with E-state index in [1.54, 1.807) is 24.3 Å². The molecule has 0 unspecified atom stereocenters. The minimum Gasteiger partial charge on any atom is -0.508 e. The third-order valence-corrected chi connectivity index (χ3v) is 2.87. The molecule has 1 heterocycles. The highest BCUT2D eigenvalue weighted by molar-refractivity contribution is 5.78. The standard InChI is InChI=1S/C9H18O.C6H6O.C4H9NO/c1-7(2)5-9(10)6-8(3)4;7-6-4-2-1-3-5-6;1-3-6-4-2-5-1/h7-8H,5-6H2,1-4H3;1-5,7H;5H,1-4H2. The van der Waals surface area contributed by atoms with Gasteiger partial charge in [-0.2, -0.15) is 0 Å². The molecule has 1 aromatic rings. The van der Waals surface area contributed by atoms with E-state index in [0.717, 1.165) is 39.1 Å². The lowest BCUT2D eigenvalue weighted by atomic mass is 10.00. The Labute approximate surface area is 141 Å². The maximum atomic E-state index is 11.1. The molecular formula is C19H33NO3. The van der Waals surface area contributed by atoms with Gasteiger partial charge in [0, 0.05) is 25.9 Å². The Kier molecular flexibility index (Phi) is 13.4. The lowest BCUT2D eigenvalue weighted by molar-refractivity contribution is -0.120. The molecule has 1 fully saturated rings. The Balaban J connectivity index is 0.000000326. The predicted molar refractivity (Wildman–Crippen MR) is 95.7 cm³/mol. The van der Waals surface area contributed by atoms with Crippen LogP contribution < -0.4 is 5.32 Å². The highest BCUT2D eigenvalue weighted by Gasteiger charge is 2.06. The van der Waals surface area contributed by atoms with Gasteiger partial charge < -0.3 is 15.2 Å². The number of ketones is 1. The molecule has 1 aromatic carbocycles. The minimum atomic E-state index is 0.322.